The van der Waals surface area contributed by atoms with Crippen molar-refractivity contribution in [1.82, 2.24) is 0 Å². The van der Waals surface area contributed by atoms with Gasteiger partial charge in [-0.05, 0) is 85.5 Å². The van der Waals surface area contributed by atoms with Crippen molar-refractivity contribution >= 4 is 0 Å². The lowest BCUT2D eigenvalue weighted by Gasteiger charge is -2.41. The van der Waals surface area contributed by atoms with Gasteiger partial charge in [0.2, 0.25) is 0 Å². The van der Waals surface area contributed by atoms with Gasteiger partial charge in [-0.25, -0.2) is 0 Å². The second-order valence-electron chi connectivity index (χ2n) is 9.37. The molecule has 0 bridgehead atoms. The number of unbranched alkanes of at least 4 members (excludes halogenated alkanes) is 2. The van der Waals surface area contributed by atoms with Crippen LogP contribution in [0.5, 0.6) is 0 Å². The van der Waals surface area contributed by atoms with E-state index in [1.807, 2.05) is 0 Å². The molecule has 1 aliphatic carbocycles. The van der Waals surface area contributed by atoms with E-state index in [0.717, 1.165) is 12.3 Å². The molecular formula is C25H40. The van der Waals surface area contributed by atoms with E-state index in [1.165, 1.54) is 38.5 Å². The summed E-state index contributed by atoms with van der Waals surface area (Å²) in [7, 11) is 0. The van der Waals surface area contributed by atoms with Gasteiger partial charge in [-0.3, -0.25) is 0 Å². The van der Waals surface area contributed by atoms with Gasteiger partial charge < -0.3 is 0 Å². The number of benzene rings is 1. The van der Waals surface area contributed by atoms with Crippen molar-refractivity contribution < 1.29 is 0 Å². The first kappa shape index (κ1) is 20.3. The van der Waals surface area contributed by atoms with Gasteiger partial charge in [0.05, 0.1) is 0 Å². The summed E-state index contributed by atoms with van der Waals surface area (Å²) in [6.07, 6.45) is 11.4. The Labute approximate surface area is 157 Å². The Kier molecular flexibility index (Phi) is 6.94. The van der Waals surface area contributed by atoms with E-state index in [4.69, 9.17) is 0 Å². The Balaban J connectivity index is 2.40. The first-order valence-electron chi connectivity index (χ1n) is 10.6. The van der Waals surface area contributed by atoms with E-state index in [-0.39, 0.29) is 0 Å². The van der Waals surface area contributed by atoms with Crippen molar-refractivity contribution in [2.45, 2.75) is 99.3 Å². The molecule has 1 aliphatic rings. The van der Waals surface area contributed by atoms with Crippen LogP contribution < -0.4 is 0 Å². The molecule has 0 aliphatic heterocycles. The average molecular weight is 341 g/mol. The molecule has 1 aromatic rings. The van der Waals surface area contributed by atoms with E-state index >= 15 is 0 Å². The fraction of sp³-hybridized carbons (Fsp3) is 0.680. The maximum Gasteiger partial charge on any atom is -0.00832 e. The van der Waals surface area contributed by atoms with Crippen molar-refractivity contribution in [3.05, 3.63) is 46.0 Å². The highest BCUT2D eigenvalue weighted by atomic mass is 14.4. The lowest BCUT2D eigenvalue weighted by Crippen LogP contribution is -2.30. The van der Waals surface area contributed by atoms with Gasteiger partial charge in [0.1, 0.15) is 0 Å². The first-order chi connectivity index (χ1) is 11.8. The SMILES string of the molecule is CCCCCc1cc(C)c(C2CC(C)=CCC2C(C)(C)C)c(CC)c1. The van der Waals surface area contributed by atoms with Crippen molar-refractivity contribution in [3.8, 4) is 0 Å². The van der Waals surface area contributed by atoms with Crippen molar-refractivity contribution in [2.75, 3.05) is 0 Å². The van der Waals surface area contributed by atoms with Gasteiger partial charge in [0.25, 0.3) is 0 Å². The number of allylic oxidation sites excluding steroid dienone is 2. The molecule has 0 fully saturated rings. The van der Waals surface area contributed by atoms with Gasteiger partial charge in [-0.15, -0.1) is 0 Å². The maximum atomic E-state index is 2.53. The van der Waals surface area contributed by atoms with Crippen molar-refractivity contribution in [1.29, 1.82) is 0 Å². The minimum absolute atomic E-state index is 0.360. The molecule has 2 atom stereocenters. The standard InChI is InChI=1S/C25H40/c1-8-10-11-12-20-16-19(4)24(21(9-2)17-20)22-15-18(3)13-14-23(22)25(5,6)7/h13,16-17,22-23H,8-12,14-15H2,1-7H3. The molecule has 0 saturated carbocycles. The van der Waals surface area contributed by atoms with Crippen LogP contribution in [-0.4, -0.2) is 0 Å². The first-order valence-corrected chi connectivity index (χ1v) is 10.6. The van der Waals surface area contributed by atoms with Gasteiger partial charge in [0, 0.05) is 0 Å². The smallest absolute Gasteiger partial charge is 0.00832 e. The van der Waals surface area contributed by atoms with Crippen molar-refractivity contribution in [2.24, 2.45) is 11.3 Å². The molecule has 2 rings (SSSR count). The number of rotatable bonds is 6. The minimum atomic E-state index is 0.360. The molecule has 2 unspecified atom stereocenters. The highest BCUT2D eigenvalue weighted by Gasteiger charge is 2.36. The molecule has 0 amide bonds. The Morgan fingerprint density at radius 2 is 1.76 bits per heavy atom. The minimum Gasteiger partial charge on any atom is -0.0853 e. The number of hydrogen-bond donors (Lipinski definition) is 0. The Morgan fingerprint density at radius 1 is 1.04 bits per heavy atom. The van der Waals surface area contributed by atoms with E-state index in [9.17, 15) is 0 Å². The highest BCUT2D eigenvalue weighted by Crippen LogP contribution is 2.48. The topological polar surface area (TPSA) is 0 Å². The van der Waals surface area contributed by atoms with Gasteiger partial charge in [0.15, 0.2) is 0 Å². The fourth-order valence-electron chi connectivity index (χ4n) is 4.82. The third kappa shape index (κ3) is 4.99. The maximum absolute atomic E-state index is 2.53. The average Bonchev–Trinajstić information content (AvgIpc) is 2.53. The zero-order chi connectivity index (χ0) is 18.6. The summed E-state index contributed by atoms with van der Waals surface area (Å²) in [5, 5.41) is 0. The van der Waals surface area contributed by atoms with Crippen LogP contribution in [0.1, 0.15) is 102 Å². The van der Waals surface area contributed by atoms with E-state index < -0.39 is 0 Å². The molecule has 0 saturated heterocycles. The summed E-state index contributed by atoms with van der Waals surface area (Å²) in [6, 6.07) is 5.03. The van der Waals surface area contributed by atoms with Gasteiger partial charge in [-0.2, -0.15) is 0 Å². The van der Waals surface area contributed by atoms with Crippen LogP contribution >= 0.6 is 0 Å². The third-order valence-corrected chi connectivity index (χ3v) is 6.21. The van der Waals surface area contributed by atoms with Crippen molar-refractivity contribution in [3.63, 3.8) is 0 Å². The molecule has 0 heteroatoms. The van der Waals surface area contributed by atoms with E-state index in [2.05, 4.69) is 66.7 Å². The van der Waals surface area contributed by atoms with Crippen LogP contribution in [0.2, 0.25) is 0 Å². The molecule has 0 radical (unpaired) electrons. The summed E-state index contributed by atoms with van der Waals surface area (Å²) in [6.45, 7) is 16.6. The van der Waals surface area contributed by atoms with Crippen LogP contribution in [0.4, 0.5) is 0 Å². The molecule has 1 aromatic carbocycles. The molecule has 0 spiro atoms. The molecule has 25 heavy (non-hydrogen) atoms. The molecule has 0 aromatic heterocycles. The fourth-order valence-corrected chi connectivity index (χ4v) is 4.82. The second kappa shape index (κ2) is 8.56. The lowest BCUT2D eigenvalue weighted by atomic mass is 9.63. The predicted molar refractivity (Wildman–Crippen MR) is 112 cm³/mol. The molecule has 140 valence electrons. The van der Waals surface area contributed by atoms with Crippen LogP contribution in [0.15, 0.2) is 23.8 Å². The Morgan fingerprint density at radius 3 is 2.36 bits per heavy atom. The quantitative estimate of drug-likeness (QED) is 0.366. The van der Waals surface area contributed by atoms with Crippen LogP contribution in [0, 0.1) is 18.3 Å². The van der Waals surface area contributed by atoms with Gasteiger partial charge >= 0.3 is 0 Å². The molecule has 0 heterocycles. The Bertz CT molecular complexity index is 597. The monoisotopic (exact) mass is 340 g/mol. The van der Waals surface area contributed by atoms with Crippen LogP contribution in [0.25, 0.3) is 0 Å². The van der Waals surface area contributed by atoms with E-state index in [0.29, 0.717) is 11.3 Å². The second-order valence-corrected chi connectivity index (χ2v) is 9.37. The Hall–Kier alpha value is -1.04. The predicted octanol–water partition coefficient (Wildman–Crippen LogP) is 7.78. The summed E-state index contributed by atoms with van der Waals surface area (Å²) >= 11 is 0. The number of hydrogen-bond acceptors (Lipinski definition) is 0. The van der Waals surface area contributed by atoms with Crippen LogP contribution in [0.3, 0.4) is 0 Å². The van der Waals surface area contributed by atoms with E-state index in [1.54, 1.807) is 27.8 Å². The summed E-state index contributed by atoms with van der Waals surface area (Å²) < 4.78 is 0. The summed E-state index contributed by atoms with van der Waals surface area (Å²) in [4.78, 5) is 0. The highest BCUT2D eigenvalue weighted by molar-refractivity contribution is 5.43. The largest absolute Gasteiger partial charge is 0.0853 e. The summed E-state index contributed by atoms with van der Waals surface area (Å²) in [5.41, 5.74) is 8.33. The van der Waals surface area contributed by atoms with Gasteiger partial charge in [-0.1, -0.05) is 71.2 Å². The molecule has 0 N–H and O–H groups in total. The summed E-state index contributed by atoms with van der Waals surface area (Å²) in [5.74, 6) is 1.43. The molecule has 0 nitrogen and oxygen atoms in total. The zero-order valence-corrected chi connectivity index (χ0v) is 17.8. The number of aryl methyl sites for hydroxylation is 3. The lowest BCUT2D eigenvalue weighted by molar-refractivity contribution is 0.191. The third-order valence-electron chi connectivity index (χ3n) is 6.21. The zero-order valence-electron chi connectivity index (χ0n) is 17.8. The normalized spacial score (nSPS) is 21.3. The van der Waals surface area contributed by atoms with Crippen LogP contribution in [-0.2, 0) is 12.8 Å². The molecular weight excluding hydrogens is 300 g/mol.